The third-order valence-electron chi connectivity index (χ3n) is 2.89. The Morgan fingerprint density at radius 2 is 1.80 bits per heavy atom. The summed E-state index contributed by atoms with van der Waals surface area (Å²) in [6.07, 6.45) is 1.00. The third kappa shape index (κ3) is 5.40. The molecule has 0 aliphatic rings. The molecule has 0 heterocycles. The predicted octanol–water partition coefficient (Wildman–Crippen LogP) is 2.12. The summed E-state index contributed by atoms with van der Waals surface area (Å²) in [4.78, 5) is 26.6. The number of hydrogen-bond donors (Lipinski definition) is 2. The number of rotatable bonds is 7. The molecule has 110 valence electrons. The molecule has 0 aliphatic carbocycles. The molecule has 0 fully saturated rings. The molecule has 5 nitrogen and oxygen atoms in total. The Morgan fingerprint density at radius 3 is 2.30 bits per heavy atom. The molecule has 2 N–H and O–H groups in total. The zero-order valence-electron chi connectivity index (χ0n) is 12.1. The fourth-order valence-electron chi connectivity index (χ4n) is 1.82. The van der Waals surface area contributed by atoms with E-state index in [9.17, 15) is 9.59 Å². The molecule has 0 bridgehead atoms. The summed E-state index contributed by atoms with van der Waals surface area (Å²) in [5, 5.41) is 8.41. The van der Waals surface area contributed by atoms with Gasteiger partial charge in [-0.25, -0.2) is 10.3 Å². The lowest BCUT2D eigenvalue weighted by atomic mass is 9.96. The fraction of sp³-hybridized carbons (Fsp3) is 0.467. The van der Waals surface area contributed by atoms with E-state index in [1.165, 1.54) is 5.56 Å². The maximum Gasteiger partial charge on any atom is 0.332 e. The smallest absolute Gasteiger partial charge is 0.332 e. The van der Waals surface area contributed by atoms with Crippen LogP contribution < -0.4 is 5.48 Å². The number of carboxylic acid groups (broad SMARTS) is 1. The number of aliphatic carboxylic acids is 1. The molecule has 0 unspecified atom stereocenters. The van der Waals surface area contributed by atoms with Crippen LogP contribution in [0.2, 0.25) is 0 Å². The van der Waals surface area contributed by atoms with E-state index in [1.807, 2.05) is 24.3 Å². The average Bonchev–Trinajstić information content (AvgIpc) is 2.37. The number of carbonyl (C=O) groups is 2. The van der Waals surface area contributed by atoms with Crippen molar-refractivity contribution in [3.8, 4) is 0 Å². The molecule has 1 atom stereocenters. The maximum absolute atomic E-state index is 11.8. The van der Waals surface area contributed by atoms with Crippen LogP contribution in [0, 0.1) is 5.92 Å². The quantitative estimate of drug-likeness (QED) is 0.750. The zero-order valence-corrected chi connectivity index (χ0v) is 12.1. The first kappa shape index (κ1) is 16.2. The van der Waals surface area contributed by atoms with Gasteiger partial charge in [-0.15, -0.1) is 0 Å². The van der Waals surface area contributed by atoms with Crippen molar-refractivity contribution in [3.05, 3.63) is 35.4 Å². The molecular weight excluding hydrogens is 258 g/mol. The van der Waals surface area contributed by atoms with Crippen molar-refractivity contribution in [1.82, 2.24) is 5.48 Å². The third-order valence-corrected chi connectivity index (χ3v) is 2.89. The Hall–Kier alpha value is -1.88. The van der Waals surface area contributed by atoms with Gasteiger partial charge in [-0.3, -0.25) is 9.63 Å². The Labute approximate surface area is 118 Å². The van der Waals surface area contributed by atoms with E-state index in [0.29, 0.717) is 5.92 Å². The van der Waals surface area contributed by atoms with Gasteiger partial charge in [0.25, 0.3) is 5.91 Å². The fourth-order valence-corrected chi connectivity index (χ4v) is 1.82. The second-order valence-corrected chi connectivity index (χ2v) is 5.21. The van der Waals surface area contributed by atoms with Crippen LogP contribution in [0.4, 0.5) is 0 Å². The van der Waals surface area contributed by atoms with Gasteiger partial charge < -0.3 is 5.11 Å². The van der Waals surface area contributed by atoms with Gasteiger partial charge in [-0.1, -0.05) is 38.1 Å². The highest BCUT2D eigenvalue weighted by Crippen LogP contribution is 2.17. The van der Waals surface area contributed by atoms with E-state index >= 15 is 0 Å². The largest absolute Gasteiger partial charge is 0.479 e. The molecule has 0 spiro atoms. The zero-order chi connectivity index (χ0) is 15.1. The molecule has 0 radical (unpaired) electrons. The molecule has 1 rings (SSSR count). The predicted molar refractivity (Wildman–Crippen MR) is 75.1 cm³/mol. The Morgan fingerprint density at radius 1 is 1.20 bits per heavy atom. The van der Waals surface area contributed by atoms with E-state index in [-0.39, 0.29) is 5.91 Å². The van der Waals surface area contributed by atoms with Gasteiger partial charge in [0.15, 0.2) is 6.61 Å². The van der Waals surface area contributed by atoms with Gasteiger partial charge in [-0.05, 0) is 30.4 Å². The first-order valence-corrected chi connectivity index (χ1v) is 6.62. The molecule has 20 heavy (non-hydrogen) atoms. The monoisotopic (exact) mass is 279 g/mol. The summed E-state index contributed by atoms with van der Waals surface area (Å²) in [7, 11) is 0. The van der Waals surface area contributed by atoms with Gasteiger partial charge in [-0.2, -0.15) is 0 Å². The van der Waals surface area contributed by atoms with Gasteiger partial charge in [0.05, 0.1) is 5.92 Å². The summed E-state index contributed by atoms with van der Waals surface area (Å²) < 4.78 is 0. The highest BCUT2D eigenvalue weighted by atomic mass is 16.7. The minimum absolute atomic E-state index is 0.358. The van der Waals surface area contributed by atoms with E-state index in [4.69, 9.17) is 5.11 Å². The van der Waals surface area contributed by atoms with Crippen LogP contribution in [-0.4, -0.2) is 23.6 Å². The summed E-state index contributed by atoms with van der Waals surface area (Å²) in [6.45, 7) is 5.51. The Bertz CT molecular complexity index is 453. The number of hydrogen-bond acceptors (Lipinski definition) is 3. The standard InChI is InChI=1S/C15H21NO4/c1-10(2)8-12-4-6-13(7-5-12)11(3)15(19)16-20-9-14(17)18/h4-7,10-11H,8-9H2,1-3H3,(H,16,19)(H,17,18)/t11-/m1/s1. The number of carbonyl (C=O) groups excluding carboxylic acids is 1. The molecular formula is C15H21NO4. The molecule has 0 saturated carbocycles. The number of carboxylic acids is 1. The molecule has 1 aromatic carbocycles. The normalized spacial score (nSPS) is 12.2. The summed E-state index contributed by atoms with van der Waals surface area (Å²) in [5.41, 5.74) is 4.24. The van der Waals surface area contributed by atoms with Gasteiger partial charge in [0, 0.05) is 0 Å². The highest BCUT2D eigenvalue weighted by Gasteiger charge is 2.15. The van der Waals surface area contributed by atoms with Crippen molar-refractivity contribution in [2.75, 3.05) is 6.61 Å². The lowest BCUT2D eigenvalue weighted by Crippen LogP contribution is -2.30. The van der Waals surface area contributed by atoms with Crippen LogP contribution >= 0.6 is 0 Å². The van der Waals surface area contributed by atoms with Gasteiger partial charge >= 0.3 is 5.97 Å². The van der Waals surface area contributed by atoms with Crippen molar-refractivity contribution >= 4 is 11.9 Å². The van der Waals surface area contributed by atoms with E-state index in [1.54, 1.807) is 6.92 Å². The summed E-state index contributed by atoms with van der Waals surface area (Å²) in [6, 6.07) is 7.85. The average molecular weight is 279 g/mol. The Kier molecular flexibility index (Phi) is 6.18. The molecule has 1 aromatic rings. The Balaban J connectivity index is 2.55. The molecule has 0 aliphatic heterocycles. The second-order valence-electron chi connectivity index (χ2n) is 5.21. The highest BCUT2D eigenvalue weighted by molar-refractivity contribution is 5.82. The van der Waals surface area contributed by atoms with Crippen LogP contribution in [0.15, 0.2) is 24.3 Å². The van der Waals surface area contributed by atoms with E-state index < -0.39 is 18.5 Å². The van der Waals surface area contributed by atoms with Crippen LogP contribution in [-0.2, 0) is 20.8 Å². The van der Waals surface area contributed by atoms with Crippen LogP contribution in [0.25, 0.3) is 0 Å². The molecule has 0 aromatic heterocycles. The minimum atomic E-state index is -1.13. The van der Waals surface area contributed by atoms with Crippen molar-refractivity contribution in [2.24, 2.45) is 5.92 Å². The SMILES string of the molecule is CC(C)Cc1ccc([C@@H](C)C(=O)NOCC(=O)O)cc1. The van der Waals surface area contributed by atoms with Crippen molar-refractivity contribution < 1.29 is 19.5 Å². The van der Waals surface area contributed by atoms with E-state index in [0.717, 1.165) is 12.0 Å². The minimum Gasteiger partial charge on any atom is -0.479 e. The summed E-state index contributed by atoms with van der Waals surface area (Å²) >= 11 is 0. The van der Waals surface area contributed by atoms with Crippen LogP contribution in [0.1, 0.15) is 37.8 Å². The lowest BCUT2D eigenvalue weighted by Gasteiger charge is -2.13. The van der Waals surface area contributed by atoms with Crippen molar-refractivity contribution in [2.45, 2.75) is 33.1 Å². The first-order valence-electron chi connectivity index (χ1n) is 6.62. The number of benzene rings is 1. The van der Waals surface area contributed by atoms with E-state index in [2.05, 4.69) is 24.2 Å². The van der Waals surface area contributed by atoms with Gasteiger partial charge in [0.1, 0.15) is 0 Å². The van der Waals surface area contributed by atoms with Gasteiger partial charge in [0.2, 0.25) is 0 Å². The molecule has 5 heteroatoms. The maximum atomic E-state index is 11.8. The topological polar surface area (TPSA) is 75.6 Å². The molecule has 1 amide bonds. The summed E-state index contributed by atoms with van der Waals surface area (Å²) in [5.74, 6) is -1.29. The number of hydroxylamine groups is 1. The second kappa shape index (κ2) is 7.65. The van der Waals surface area contributed by atoms with Crippen molar-refractivity contribution in [1.29, 1.82) is 0 Å². The van der Waals surface area contributed by atoms with Crippen LogP contribution in [0.3, 0.4) is 0 Å². The molecule has 0 saturated heterocycles. The van der Waals surface area contributed by atoms with Crippen LogP contribution in [0.5, 0.6) is 0 Å². The van der Waals surface area contributed by atoms with Crippen molar-refractivity contribution in [3.63, 3.8) is 0 Å². The lowest BCUT2D eigenvalue weighted by molar-refractivity contribution is -0.149. The number of amides is 1. The first-order chi connectivity index (χ1) is 9.40. The number of nitrogens with one attached hydrogen (secondary N) is 1.